The van der Waals surface area contributed by atoms with Crippen molar-refractivity contribution in [2.45, 2.75) is 13.8 Å². The summed E-state index contributed by atoms with van der Waals surface area (Å²) in [6.45, 7) is 2.06. The fraction of sp³-hybridized carbons (Fsp3) is 0.200. The van der Waals surface area contributed by atoms with Crippen LogP contribution < -0.4 is 11.3 Å². The van der Waals surface area contributed by atoms with Gasteiger partial charge < -0.3 is 21.2 Å². The highest BCUT2D eigenvalue weighted by Crippen LogP contribution is 1.79. The van der Waals surface area contributed by atoms with Gasteiger partial charge in [0.25, 0.3) is 5.97 Å². The molecule has 0 aliphatic carbocycles. The first-order valence-electron chi connectivity index (χ1n) is 3.84. The second kappa shape index (κ2) is 14.6. The zero-order valence-electron chi connectivity index (χ0n) is 9.14. The minimum absolute atomic E-state index is 0. The maximum absolute atomic E-state index is 9.00. The molecule has 0 aliphatic heterocycles. The average molecular weight is 215 g/mol. The second-order valence-corrected chi connectivity index (χ2v) is 2.17. The summed E-state index contributed by atoms with van der Waals surface area (Å²) in [4.78, 5) is 17.9. The number of hydrogen-bond acceptors (Lipinski definition) is 3. The largest absolute Gasteiger partial charge is 0.550 e. The second-order valence-electron chi connectivity index (χ2n) is 2.17. The molecule has 0 aliphatic rings. The van der Waals surface area contributed by atoms with Gasteiger partial charge in [-0.1, -0.05) is 36.4 Å². The topological polar surface area (TPSA) is 114 Å². The third kappa shape index (κ3) is 73.1. The van der Waals surface area contributed by atoms with Crippen molar-refractivity contribution in [1.29, 1.82) is 0 Å². The molecule has 0 fully saturated rings. The predicted octanol–water partition coefficient (Wildman–Crippen LogP) is 0.910. The molecule has 0 amide bonds. The van der Waals surface area contributed by atoms with E-state index in [-0.39, 0.29) is 6.15 Å². The first-order chi connectivity index (χ1) is 6.46. The number of quaternary nitrogens is 1. The van der Waals surface area contributed by atoms with E-state index in [1.165, 1.54) is 0 Å². The molecule has 5 heteroatoms. The van der Waals surface area contributed by atoms with E-state index in [1.54, 1.807) is 0 Å². The highest BCUT2D eigenvalue weighted by atomic mass is 16.4. The van der Waals surface area contributed by atoms with Gasteiger partial charge in [0, 0.05) is 12.9 Å². The quantitative estimate of drug-likeness (QED) is 0.669. The minimum atomic E-state index is -1.08. The summed E-state index contributed by atoms with van der Waals surface area (Å²) in [6, 6.07) is 12.0. The molecule has 0 bridgehead atoms. The standard InChI is InChI=1S/C6H6.2C2H4O2.H3N/c1-2-4-6-5-3-1;2*1-2(3)4;/h1-6H;2*1H3,(H,3,4);1H3. The number of carbonyl (C=O) groups is 2. The number of carboxylic acid groups (broad SMARTS) is 2. The van der Waals surface area contributed by atoms with Crippen molar-refractivity contribution in [3.8, 4) is 0 Å². The lowest BCUT2D eigenvalue weighted by molar-refractivity contribution is -0.302. The Morgan fingerprint density at radius 3 is 1.07 bits per heavy atom. The maximum atomic E-state index is 9.00. The van der Waals surface area contributed by atoms with Crippen molar-refractivity contribution in [2.24, 2.45) is 0 Å². The highest BCUT2D eigenvalue weighted by molar-refractivity contribution is 5.63. The molecule has 0 unspecified atom stereocenters. The molecule has 1 rings (SSSR count). The van der Waals surface area contributed by atoms with Gasteiger partial charge in [0.15, 0.2) is 0 Å². The Morgan fingerprint density at radius 2 is 1.00 bits per heavy atom. The van der Waals surface area contributed by atoms with E-state index in [0.29, 0.717) is 0 Å². The summed E-state index contributed by atoms with van der Waals surface area (Å²) in [5, 5.41) is 16.3. The molecular weight excluding hydrogens is 198 g/mol. The van der Waals surface area contributed by atoms with E-state index < -0.39 is 11.9 Å². The van der Waals surface area contributed by atoms with Crippen molar-refractivity contribution >= 4 is 11.9 Å². The van der Waals surface area contributed by atoms with Crippen LogP contribution in [0.5, 0.6) is 0 Å². The minimum Gasteiger partial charge on any atom is -0.550 e. The van der Waals surface area contributed by atoms with E-state index in [0.717, 1.165) is 13.8 Å². The maximum Gasteiger partial charge on any atom is 0.300 e. The van der Waals surface area contributed by atoms with Gasteiger partial charge in [0.2, 0.25) is 0 Å². The van der Waals surface area contributed by atoms with Crippen LogP contribution in [0.2, 0.25) is 0 Å². The van der Waals surface area contributed by atoms with Gasteiger partial charge in [-0.15, -0.1) is 0 Å². The van der Waals surface area contributed by atoms with Crippen LogP contribution in [-0.2, 0) is 9.59 Å². The van der Waals surface area contributed by atoms with Crippen molar-refractivity contribution in [3.63, 3.8) is 0 Å². The van der Waals surface area contributed by atoms with Crippen LogP contribution in [0, 0.1) is 0 Å². The Morgan fingerprint density at radius 1 is 0.933 bits per heavy atom. The number of benzene rings is 1. The fourth-order valence-corrected chi connectivity index (χ4v) is 0.385. The molecule has 0 aromatic heterocycles. The van der Waals surface area contributed by atoms with Gasteiger partial charge in [-0.3, -0.25) is 4.79 Å². The average Bonchev–Trinajstić information content (AvgIpc) is 2.05. The molecule has 1 aromatic carbocycles. The van der Waals surface area contributed by atoms with Gasteiger partial charge >= 0.3 is 0 Å². The van der Waals surface area contributed by atoms with E-state index in [4.69, 9.17) is 19.8 Å². The zero-order valence-corrected chi connectivity index (χ0v) is 9.14. The summed E-state index contributed by atoms with van der Waals surface area (Å²) in [5.74, 6) is -1.92. The van der Waals surface area contributed by atoms with Crippen LogP contribution >= 0.6 is 0 Å². The number of aliphatic carboxylic acids is 2. The molecule has 5 N–H and O–H groups in total. The molecule has 0 atom stereocenters. The van der Waals surface area contributed by atoms with Gasteiger partial charge in [0.1, 0.15) is 0 Å². The van der Waals surface area contributed by atoms with Crippen LogP contribution in [0.4, 0.5) is 0 Å². The number of carboxylic acids is 2. The monoisotopic (exact) mass is 215 g/mol. The summed E-state index contributed by atoms with van der Waals surface area (Å²) in [6.07, 6.45) is 0. The molecular formula is C10H17NO4. The lowest BCUT2D eigenvalue weighted by Crippen LogP contribution is -2.16. The Kier molecular flexibility index (Phi) is 18.4. The van der Waals surface area contributed by atoms with E-state index in [9.17, 15) is 0 Å². The molecule has 1 aromatic rings. The summed E-state index contributed by atoms with van der Waals surface area (Å²) < 4.78 is 0. The fourth-order valence-electron chi connectivity index (χ4n) is 0.385. The Hall–Kier alpha value is -1.88. The third-order valence-electron chi connectivity index (χ3n) is 0.667. The number of hydrogen-bond donors (Lipinski definition) is 2. The van der Waals surface area contributed by atoms with Crippen LogP contribution in [0.1, 0.15) is 13.8 Å². The van der Waals surface area contributed by atoms with Crippen molar-refractivity contribution in [2.75, 3.05) is 0 Å². The van der Waals surface area contributed by atoms with Gasteiger partial charge in [-0.05, 0) is 6.92 Å². The van der Waals surface area contributed by atoms with Crippen molar-refractivity contribution < 1.29 is 19.8 Å². The van der Waals surface area contributed by atoms with Crippen molar-refractivity contribution in [3.05, 3.63) is 36.4 Å². The summed E-state index contributed by atoms with van der Waals surface area (Å²) in [7, 11) is 0. The van der Waals surface area contributed by atoms with Gasteiger partial charge in [-0.25, -0.2) is 0 Å². The molecule has 0 heterocycles. The number of carbonyl (C=O) groups excluding carboxylic acids is 1. The Labute approximate surface area is 89.0 Å². The first kappa shape index (κ1) is 18.8. The lowest BCUT2D eigenvalue weighted by Gasteiger charge is -1.77. The Bertz CT molecular complexity index is 202. The molecule has 15 heavy (non-hydrogen) atoms. The van der Waals surface area contributed by atoms with Gasteiger partial charge in [0.05, 0.1) is 0 Å². The summed E-state index contributed by atoms with van der Waals surface area (Å²) >= 11 is 0. The predicted molar refractivity (Wildman–Crippen MR) is 56.4 cm³/mol. The SMILES string of the molecule is CC(=O)O.CC(=O)[O-].[NH4+].c1ccccc1. The smallest absolute Gasteiger partial charge is 0.300 e. The summed E-state index contributed by atoms with van der Waals surface area (Å²) in [5.41, 5.74) is 0. The Balaban J connectivity index is -0.000000145. The van der Waals surface area contributed by atoms with Crippen LogP contribution in [0.15, 0.2) is 36.4 Å². The van der Waals surface area contributed by atoms with Crippen molar-refractivity contribution in [1.82, 2.24) is 6.15 Å². The van der Waals surface area contributed by atoms with Crippen LogP contribution in [0.3, 0.4) is 0 Å². The molecule has 0 spiro atoms. The lowest BCUT2D eigenvalue weighted by atomic mass is 10.4. The van der Waals surface area contributed by atoms with Crippen LogP contribution in [0.25, 0.3) is 0 Å². The molecule has 0 radical (unpaired) electrons. The third-order valence-corrected chi connectivity index (χ3v) is 0.667. The van der Waals surface area contributed by atoms with E-state index >= 15 is 0 Å². The molecule has 5 nitrogen and oxygen atoms in total. The first-order valence-corrected chi connectivity index (χ1v) is 3.84. The van der Waals surface area contributed by atoms with E-state index in [1.807, 2.05) is 36.4 Å². The molecule has 0 saturated carbocycles. The van der Waals surface area contributed by atoms with Crippen LogP contribution in [-0.4, -0.2) is 17.0 Å². The normalized spacial score (nSPS) is 6.53. The number of rotatable bonds is 0. The molecule has 86 valence electrons. The van der Waals surface area contributed by atoms with Gasteiger partial charge in [-0.2, -0.15) is 0 Å². The zero-order chi connectivity index (χ0) is 11.4. The highest BCUT2D eigenvalue weighted by Gasteiger charge is 1.65. The molecule has 0 saturated heterocycles. The van der Waals surface area contributed by atoms with E-state index in [2.05, 4.69) is 0 Å².